The second kappa shape index (κ2) is 11.0. The average Bonchev–Trinajstić information content (AvgIpc) is 3.07. The number of halogens is 1. The number of amides is 2. The quantitative estimate of drug-likeness (QED) is 0.339. The molecular weight excluding hydrogens is 509 g/mol. The van der Waals surface area contributed by atoms with Gasteiger partial charge >= 0.3 is 6.09 Å². The van der Waals surface area contributed by atoms with Crippen molar-refractivity contribution in [3.63, 3.8) is 0 Å². The van der Waals surface area contributed by atoms with Gasteiger partial charge in [0.25, 0.3) is 0 Å². The van der Waals surface area contributed by atoms with Gasteiger partial charge in [0, 0.05) is 38.3 Å². The molecule has 1 aromatic rings. The lowest BCUT2D eigenvalue weighted by molar-refractivity contribution is -0.117. The molecule has 2 amide bonds. The number of guanidine groups is 1. The summed E-state index contributed by atoms with van der Waals surface area (Å²) >= 11 is 0. The van der Waals surface area contributed by atoms with E-state index >= 15 is 0 Å². The highest BCUT2D eigenvalue weighted by Crippen LogP contribution is 2.22. The van der Waals surface area contributed by atoms with Crippen molar-refractivity contribution in [2.75, 3.05) is 31.1 Å². The number of anilines is 1. The summed E-state index contributed by atoms with van der Waals surface area (Å²) in [4.78, 5) is 32.1. The average molecular weight is 543 g/mol. The summed E-state index contributed by atoms with van der Waals surface area (Å²) in [6.45, 7) is 10.9. The maximum absolute atomic E-state index is 12.1. The summed E-state index contributed by atoms with van der Waals surface area (Å²) < 4.78 is 5.39. The summed E-state index contributed by atoms with van der Waals surface area (Å²) in [5, 5.41) is 6.62. The van der Waals surface area contributed by atoms with Crippen LogP contribution in [0, 0.1) is 0 Å². The second-order valence-electron chi connectivity index (χ2n) is 8.74. The highest BCUT2D eigenvalue weighted by Gasteiger charge is 2.34. The SMILES string of the molecule is CCNC(=NCc1ccc(N2CCCC2=O)cc1)NC1CN(C(=O)OC(C)(C)C)C1.I. The fraction of sp³-hybridized carbons (Fsp3) is 0.591. The van der Waals surface area contributed by atoms with E-state index in [4.69, 9.17) is 4.74 Å². The fourth-order valence-corrected chi connectivity index (χ4v) is 3.43. The Kier molecular flexibility index (Phi) is 8.96. The molecule has 2 N–H and O–H groups in total. The smallest absolute Gasteiger partial charge is 0.410 e. The van der Waals surface area contributed by atoms with E-state index in [-0.39, 0.29) is 42.0 Å². The zero-order chi connectivity index (χ0) is 21.7. The maximum atomic E-state index is 12.1. The third-order valence-corrected chi connectivity index (χ3v) is 4.96. The summed E-state index contributed by atoms with van der Waals surface area (Å²) in [7, 11) is 0. The van der Waals surface area contributed by atoms with E-state index in [1.807, 2.05) is 56.9 Å². The Morgan fingerprint density at radius 2 is 1.90 bits per heavy atom. The van der Waals surface area contributed by atoms with Crippen LogP contribution in [0.1, 0.15) is 46.1 Å². The van der Waals surface area contributed by atoms with E-state index in [1.54, 1.807) is 4.90 Å². The largest absolute Gasteiger partial charge is 0.444 e. The number of carbonyl (C=O) groups is 2. The molecule has 2 aliphatic rings. The molecule has 0 aliphatic carbocycles. The molecule has 172 valence electrons. The van der Waals surface area contributed by atoms with Gasteiger partial charge in [0.2, 0.25) is 5.91 Å². The Labute approximate surface area is 201 Å². The van der Waals surface area contributed by atoms with Crippen LogP contribution in [0.4, 0.5) is 10.5 Å². The van der Waals surface area contributed by atoms with Gasteiger partial charge < -0.3 is 25.2 Å². The van der Waals surface area contributed by atoms with Gasteiger partial charge in [0.1, 0.15) is 5.60 Å². The molecule has 2 heterocycles. The van der Waals surface area contributed by atoms with Crippen LogP contribution < -0.4 is 15.5 Å². The number of likely N-dealkylation sites (tertiary alicyclic amines) is 1. The van der Waals surface area contributed by atoms with Crippen LogP contribution in [0.25, 0.3) is 0 Å². The first-order valence-electron chi connectivity index (χ1n) is 10.7. The van der Waals surface area contributed by atoms with Crippen LogP contribution in [-0.4, -0.2) is 60.7 Å². The number of ether oxygens (including phenoxy) is 1. The number of hydrogen-bond donors (Lipinski definition) is 2. The Morgan fingerprint density at radius 3 is 2.45 bits per heavy atom. The van der Waals surface area contributed by atoms with Gasteiger partial charge in [-0.25, -0.2) is 9.79 Å². The first-order chi connectivity index (χ1) is 14.2. The minimum atomic E-state index is -0.483. The number of nitrogens with one attached hydrogen (secondary N) is 2. The van der Waals surface area contributed by atoms with Crippen molar-refractivity contribution in [2.45, 2.75) is 58.7 Å². The number of aliphatic imine (C=N–C) groups is 1. The van der Waals surface area contributed by atoms with Crippen molar-refractivity contribution in [1.29, 1.82) is 0 Å². The summed E-state index contributed by atoms with van der Waals surface area (Å²) in [5.41, 5.74) is 1.54. The molecule has 31 heavy (non-hydrogen) atoms. The Hall–Kier alpha value is -2.04. The van der Waals surface area contributed by atoms with Crippen LogP contribution in [0.15, 0.2) is 29.3 Å². The molecule has 0 atom stereocenters. The van der Waals surface area contributed by atoms with E-state index in [0.29, 0.717) is 26.1 Å². The monoisotopic (exact) mass is 543 g/mol. The fourth-order valence-electron chi connectivity index (χ4n) is 3.43. The molecule has 0 bridgehead atoms. The van der Waals surface area contributed by atoms with Gasteiger partial charge in [-0.05, 0) is 51.8 Å². The normalized spacial score (nSPS) is 17.2. The van der Waals surface area contributed by atoms with Gasteiger partial charge in [-0.3, -0.25) is 4.79 Å². The van der Waals surface area contributed by atoms with Crippen molar-refractivity contribution >= 4 is 47.6 Å². The molecule has 3 rings (SSSR count). The van der Waals surface area contributed by atoms with E-state index in [2.05, 4.69) is 15.6 Å². The van der Waals surface area contributed by atoms with Crippen LogP contribution >= 0.6 is 24.0 Å². The molecular formula is C22H34IN5O3. The maximum Gasteiger partial charge on any atom is 0.410 e. The summed E-state index contributed by atoms with van der Waals surface area (Å²) in [5.74, 6) is 0.922. The zero-order valence-electron chi connectivity index (χ0n) is 18.8. The third-order valence-electron chi connectivity index (χ3n) is 4.96. The molecule has 2 fully saturated rings. The minimum absolute atomic E-state index is 0. The van der Waals surface area contributed by atoms with Gasteiger partial charge in [-0.1, -0.05) is 12.1 Å². The highest BCUT2D eigenvalue weighted by molar-refractivity contribution is 14.0. The number of benzene rings is 1. The molecule has 0 aromatic heterocycles. The molecule has 9 heteroatoms. The van der Waals surface area contributed by atoms with Crippen molar-refractivity contribution in [3.05, 3.63) is 29.8 Å². The number of rotatable bonds is 5. The van der Waals surface area contributed by atoms with E-state index < -0.39 is 5.60 Å². The van der Waals surface area contributed by atoms with Gasteiger partial charge in [-0.2, -0.15) is 0 Å². The lowest BCUT2D eigenvalue weighted by atomic mass is 10.1. The van der Waals surface area contributed by atoms with Gasteiger partial charge in [0.05, 0.1) is 12.6 Å². The molecule has 8 nitrogen and oxygen atoms in total. The van der Waals surface area contributed by atoms with E-state index in [0.717, 1.165) is 36.7 Å². The predicted octanol–water partition coefficient (Wildman–Crippen LogP) is 3.11. The molecule has 0 radical (unpaired) electrons. The Bertz CT molecular complexity index is 785. The first-order valence-corrected chi connectivity index (χ1v) is 10.7. The molecule has 2 saturated heterocycles. The standard InChI is InChI=1S/C22H33N5O3.HI/c1-5-23-20(25-17-14-26(15-17)21(29)30-22(2,3)4)24-13-16-8-10-18(11-9-16)27-12-6-7-19(27)28;/h8-11,17H,5-7,12-15H2,1-4H3,(H2,23,24,25);1H. The number of hydrogen-bond acceptors (Lipinski definition) is 4. The molecule has 1 aromatic carbocycles. The van der Waals surface area contributed by atoms with Crippen molar-refractivity contribution in [2.24, 2.45) is 4.99 Å². The topological polar surface area (TPSA) is 86.3 Å². The van der Waals surface area contributed by atoms with Crippen molar-refractivity contribution in [3.8, 4) is 0 Å². The molecule has 2 aliphatic heterocycles. The van der Waals surface area contributed by atoms with Crippen molar-refractivity contribution in [1.82, 2.24) is 15.5 Å². The van der Waals surface area contributed by atoms with Crippen LogP contribution in [0.2, 0.25) is 0 Å². The van der Waals surface area contributed by atoms with Crippen LogP contribution in [-0.2, 0) is 16.1 Å². The third kappa shape index (κ3) is 7.26. The molecule has 0 unspecified atom stereocenters. The van der Waals surface area contributed by atoms with Gasteiger partial charge in [0.15, 0.2) is 5.96 Å². The summed E-state index contributed by atoms with van der Waals surface area (Å²) in [6, 6.07) is 8.15. The first kappa shape index (κ1) is 25.2. The number of nitrogens with zero attached hydrogens (tertiary/aromatic N) is 3. The molecule has 0 spiro atoms. The van der Waals surface area contributed by atoms with E-state index in [1.165, 1.54) is 0 Å². The van der Waals surface area contributed by atoms with Crippen LogP contribution in [0.5, 0.6) is 0 Å². The Morgan fingerprint density at radius 1 is 1.23 bits per heavy atom. The minimum Gasteiger partial charge on any atom is -0.444 e. The molecule has 0 saturated carbocycles. The summed E-state index contributed by atoms with van der Waals surface area (Å²) in [6.07, 6.45) is 1.28. The Balaban J connectivity index is 0.00000341. The highest BCUT2D eigenvalue weighted by atomic mass is 127. The second-order valence-corrected chi connectivity index (χ2v) is 8.74. The lowest BCUT2D eigenvalue weighted by Gasteiger charge is -2.40. The van der Waals surface area contributed by atoms with Crippen molar-refractivity contribution < 1.29 is 14.3 Å². The number of carbonyl (C=O) groups excluding carboxylic acids is 2. The van der Waals surface area contributed by atoms with Gasteiger partial charge in [-0.15, -0.1) is 24.0 Å². The predicted molar refractivity (Wildman–Crippen MR) is 133 cm³/mol. The van der Waals surface area contributed by atoms with Crippen LogP contribution in [0.3, 0.4) is 0 Å². The lowest BCUT2D eigenvalue weighted by Crippen LogP contribution is -2.63. The zero-order valence-corrected chi connectivity index (χ0v) is 21.1. The van der Waals surface area contributed by atoms with E-state index in [9.17, 15) is 9.59 Å².